The molecule has 6 nitrogen and oxygen atoms in total. The van der Waals surface area contributed by atoms with Crippen molar-refractivity contribution in [3.63, 3.8) is 0 Å². The maximum atomic E-state index is 12.2. The van der Waals surface area contributed by atoms with Gasteiger partial charge < -0.3 is 9.80 Å². The fourth-order valence-electron chi connectivity index (χ4n) is 3.50. The molecule has 0 N–H and O–H groups in total. The van der Waals surface area contributed by atoms with Gasteiger partial charge in [-0.2, -0.15) is 5.26 Å². The number of anilines is 1. The summed E-state index contributed by atoms with van der Waals surface area (Å²) in [5.74, 6) is 0.0886. The average molecular weight is 349 g/mol. The first-order valence-corrected chi connectivity index (χ1v) is 8.93. The minimum atomic E-state index is 0.0886. The van der Waals surface area contributed by atoms with Gasteiger partial charge in [0.2, 0.25) is 5.91 Å². The number of rotatable bonds is 4. The molecule has 0 bridgehead atoms. The van der Waals surface area contributed by atoms with Crippen molar-refractivity contribution in [2.75, 3.05) is 18.0 Å². The van der Waals surface area contributed by atoms with Gasteiger partial charge in [-0.3, -0.25) is 4.79 Å². The lowest BCUT2D eigenvalue weighted by Gasteiger charge is -2.30. The molecule has 6 heteroatoms. The third-order valence-electron chi connectivity index (χ3n) is 4.87. The van der Waals surface area contributed by atoms with Gasteiger partial charge in [0.1, 0.15) is 6.33 Å². The molecule has 2 aromatic rings. The Kier molecular flexibility index (Phi) is 5.80. The first-order valence-electron chi connectivity index (χ1n) is 8.93. The zero-order valence-electron chi connectivity index (χ0n) is 15.0. The van der Waals surface area contributed by atoms with E-state index >= 15 is 0 Å². The molecule has 0 unspecified atom stereocenters. The van der Waals surface area contributed by atoms with Crippen LogP contribution >= 0.6 is 0 Å². The van der Waals surface area contributed by atoms with E-state index in [1.165, 1.54) is 6.33 Å². The van der Waals surface area contributed by atoms with Crippen molar-refractivity contribution in [3.05, 3.63) is 54.1 Å². The Morgan fingerprint density at radius 3 is 2.62 bits per heavy atom. The van der Waals surface area contributed by atoms with Crippen LogP contribution in [0.5, 0.6) is 0 Å². The second-order valence-electron chi connectivity index (χ2n) is 6.62. The van der Waals surface area contributed by atoms with Crippen molar-refractivity contribution in [2.24, 2.45) is 0 Å². The van der Waals surface area contributed by atoms with Crippen LogP contribution in [0.2, 0.25) is 0 Å². The predicted molar refractivity (Wildman–Crippen MR) is 99.3 cm³/mol. The lowest BCUT2D eigenvalue weighted by atomic mass is 10.1. The monoisotopic (exact) mass is 349 g/mol. The van der Waals surface area contributed by atoms with Crippen LogP contribution in [0.3, 0.4) is 0 Å². The Balaban J connectivity index is 1.67. The molecule has 134 valence electrons. The van der Waals surface area contributed by atoms with Crippen LogP contribution in [0, 0.1) is 11.3 Å². The predicted octanol–water partition coefficient (Wildman–Crippen LogP) is 2.76. The molecule has 1 aromatic carbocycles. The van der Waals surface area contributed by atoms with E-state index in [9.17, 15) is 4.79 Å². The molecule has 0 spiro atoms. The minimum Gasteiger partial charge on any atom is -0.371 e. The second-order valence-corrected chi connectivity index (χ2v) is 6.62. The van der Waals surface area contributed by atoms with E-state index in [0.717, 1.165) is 43.6 Å². The van der Waals surface area contributed by atoms with E-state index in [1.54, 1.807) is 19.3 Å². The number of amides is 1. The normalized spacial score (nSPS) is 17.2. The molecule has 1 aromatic heterocycles. The maximum Gasteiger partial charge on any atom is 0.219 e. The minimum absolute atomic E-state index is 0.0886. The molecular formula is C20H23N5O. The quantitative estimate of drug-likeness (QED) is 0.848. The van der Waals surface area contributed by atoms with Crippen molar-refractivity contribution >= 4 is 11.6 Å². The first kappa shape index (κ1) is 17.9. The summed E-state index contributed by atoms with van der Waals surface area (Å²) < 4.78 is 0. The van der Waals surface area contributed by atoms with Crippen LogP contribution in [0.1, 0.15) is 37.3 Å². The van der Waals surface area contributed by atoms with Gasteiger partial charge in [-0.1, -0.05) is 0 Å². The molecule has 0 saturated carbocycles. The number of hydrogen-bond donors (Lipinski definition) is 0. The lowest BCUT2D eigenvalue weighted by molar-refractivity contribution is -0.132. The van der Waals surface area contributed by atoms with Gasteiger partial charge in [0.25, 0.3) is 0 Å². The number of aromatic nitrogens is 2. The van der Waals surface area contributed by atoms with Crippen molar-refractivity contribution in [1.29, 1.82) is 5.26 Å². The largest absolute Gasteiger partial charge is 0.371 e. The Morgan fingerprint density at radius 2 is 1.96 bits per heavy atom. The molecule has 1 atom stereocenters. The van der Waals surface area contributed by atoms with E-state index in [-0.39, 0.29) is 11.9 Å². The average Bonchev–Trinajstić information content (AvgIpc) is 2.93. The van der Waals surface area contributed by atoms with Crippen molar-refractivity contribution in [2.45, 2.75) is 38.8 Å². The molecule has 1 aliphatic heterocycles. The van der Waals surface area contributed by atoms with Gasteiger partial charge in [-0.25, -0.2) is 9.97 Å². The van der Waals surface area contributed by atoms with E-state index in [0.29, 0.717) is 12.1 Å². The summed E-state index contributed by atoms with van der Waals surface area (Å²) in [6.07, 6.45) is 7.97. The van der Waals surface area contributed by atoms with Crippen LogP contribution in [-0.4, -0.2) is 39.9 Å². The Morgan fingerprint density at radius 1 is 1.23 bits per heavy atom. The van der Waals surface area contributed by atoms with Gasteiger partial charge in [0.15, 0.2) is 0 Å². The van der Waals surface area contributed by atoms with Crippen LogP contribution in [0.15, 0.2) is 43.0 Å². The zero-order chi connectivity index (χ0) is 18.4. The van der Waals surface area contributed by atoms with Crippen molar-refractivity contribution in [1.82, 2.24) is 14.9 Å². The summed E-state index contributed by atoms with van der Waals surface area (Å²) in [6, 6.07) is 10.1. The van der Waals surface area contributed by atoms with E-state index in [2.05, 4.69) is 20.9 Å². The standard InChI is InChI=1S/C20H23N5O/c1-16(26)25(14-18-12-22-15-23-13-18)20-3-2-9-24(10-8-20)19-6-4-17(11-21)5-7-19/h4-7,12-13,15,20H,2-3,8-10,14H2,1H3/t20-/m0/s1. The maximum absolute atomic E-state index is 12.2. The summed E-state index contributed by atoms with van der Waals surface area (Å²) in [7, 11) is 0. The molecule has 1 amide bonds. The molecule has 3 rings (SSSR count). The van der Waals surface area contributed by atoms with Crippen molar-refractivity contribution < 1.29 is 4.79 Å². The highest BCUT2D eigenvalue weighted by Gasteiger charge is 2.25. The smallest absolute Gasteiger partial charge is 0.219 e. The Hall–Kier alpha value is -2.94. The van der Waals surface area contributed by atoms with Gasteiger partial charge in [0.05, 0.1) is 11.6 Å². The third kappa shape index (κ3) is 4.37. The van der Waals surface area contributed by atoms with E-state index in [4.69, 9.17) is 5.26 Å². The van der Waals surface area contributed by atoms with Crippen molar-refractivity contribution in [3.8, 4) is 6.07 Å². The van der Waals surface area contributed by atoms with Crippen LogP contribution in [-0.2, 0) is 11.3 Å². The SMILES string of the molecule is CC(=O)N(Cc1cncnc1)[C@H]1CCCN(c2ccc(C#N)cc2)CC1. The van der Waals surface area contributed by atoms with Gasteiger partial charge in [-0.15, -0.1) is 0 Å². The molecule has 0 radical (unpaired) electrons. The molecule has 1 saturated heterocycles. The summed E-state index contributed by atoms with van der Waals surface area (Å²) in [5.41, 5.74) is 2.76. The van der Waals surface area contributed by atoms with Crippen LogP contribution in [0.4, 0.5) is 5.69 Å². The molecule has 1 aliphatic rings. The van der Waals surface area contributed by atoms with Gasteiger partial charge in [0, 0.05) is 56.2 Å². The molecule has 2 heterocycles. The third-order valence-corrected chi connectivity index (χ3v) is 4.87. The Labute approximate surface area is 154 Å². The molecule has 0 aliphatic carbocycles. The number of benzene rings is 1. The Bertz CT molecular complexity index is 769. The van der Waals surface area contributed by atoms with Gasteiger partial charge in [-0.05, 0) is 43.5 Å². The lowest BCUT2D eigenvalue weighted by Crippen LogP contribution is -2.39. The summed E-state index contributed by atoms with van der Waals surface area (Å²) in [5, 5.41) is 8.94. The fraction of sp³-hybridized carbons (Fsp3) is 0.400. The number of nitriles is 1. The topological polar surface area (TPSA) is 73.1 Å². The first-order chi connectivity index (χ1) is 12.7. The summed E-state index contributed by atoms with van der Waals surface area (Å²) in [4.78, 5) is 24.6. The zero-order valence-corrected chi connectivity index (χ0v) is 15.0. The fourth-order valence-corrected chi connectivity index (χ4v) is 3.50. The number of carbonyl (C=O) groups is 1. The highest BCUT2D eigenvalue weighted by atomic mass is 16.2. The highest BCUT2D eigenvalue weighted by molar-refractivity contribution is 5.73. The molecular weight excluding hydrogens is 326 g/mol. The van der Waals surface area contributed by atoms with Crippen LogP contribution < -0.4 is 4.90 Å². The number of nitrogens with zero attached hydrogens (tertiary/aromatic N) is 5. The van der Waals surface area contributed by atoms with E-state index in [1.807, 2.05) is 29.2 Å². The number of carbonyl (C=O) groups excluding carboxylic acids is 1. The highest BCUT2D eigenvalue weighted by Crippen LogP contribution is 2.23. The second kappa shape index (κ2) is 8.43. The molecule has 26 heavy (non-hydrogen) atoms. The van der Waals surface area contributed by atoms with E-state index < -0.39 is 0 Å². The number of hydrogen-bond acceptors (Lipinski definition) is 5. The van der Waals surface area contributed by atoms with Gasteiger partial charge >= 0.3 is 0 Å². The summed E-state index contributed by atoms with van der Waals surface area (Å²) in [6.45, 7) is 4.04. The van der Waals surface area contributed by atoms with Crippen LogP contribution in [0.25, 0.3) is 0 Å². The molecule has 1 fully saturated rings. The summed E-state index contributed by atoms with van der Waals surface area (Å²) >= 11 is 0.